The van der Waals surface area contributed by atoms with Gasteiger partial charge in [-0.2, -0.15) is 0 Å². The van der Waals surface area contributed by atoms with Crippen LogP contribution in [0.1, 0.15) is 13.3 Å². The number of aliphatic imine (C=N–C) groups is 1. The van der Waals surface area contributed by atoms with Crippen molar-refractivity contribution in [3.63, 3.8) is 0 Å². The van der Waals surface area contributed by atoms with E-state index in [1.54, 1.807) is 11.8 Å². The molecular formula is C5H11ClN2S. The molecule has 0 fully saturated rings. The Hall–Kier alpha value is 0.110. The zero-order valence-electron chi connectivity index (χ0n) is 5.33. The maximum Gasteiger partial charge on any atom is 0.154 e. The van der Waals surface area contributed by atoms with E-state index in [0.29, 0.717) is 6.04 Å². The summed E-state index contributed by atoms with van der Waals surface area (Å²) in [5, 5.41) is 0.753. The van der Waals surface area contributed by atoms with Crippen LogP contribution in [0.4, 0.5) is 0 Å². The van der Waals surface area contributed by atoms with Gasteiger partial charge in [0.05, 0.1) is 6.04 Å². The van der Waals surface area contributed by atoms with Crippen molar-refractivity contribution in [2.24, 2.45) is 10.7 Å². The largest absolute Gasteiger partial charge is 0.379 e. The molecule has 54 valence electrons. The minimum atomic E-state index is 0. The molecule has 0 saturated carbocycles. The Kier molecular flexibility index (Phi) is 4.06. The van der Waals surface area contributed by atoms with Crippen LogP contribution in [0.3, 0.4) is 0 Å². The molecule has 0 amide bonds. The summed E-state index contributed by atoms with van der Waals surface area (Å²) in [6.45, 7) is 2.09. The molecule has 2 nitrogen and oxygen atoms in total. The van der Waals surface area contributed by atoms with Gasteiger partial charge in [0.2, 0.25) is 0 Å². The Bertz CT molecular complexity index is 116. The van der Waals surface area contributed by atoms with Gasteiger partial charge in [0.1, 0.15) is 0 Å². The molecule has 1 aliphatic heterocycles. The van der Waals surface area contributed by atoms with Gasteiger partial charge in [-0.15, -0.1) is 12.4 Å². The van der Waals surface area contributed by atoms with E-state index in [1.165, 1.54) is 6.42 Å². The van der Waals surface area contributed by atoms with E-state index >= 15 is 0 Å². The van der Waals surface area contributed by atoms with Gasteiger partial charge < -0.3 is 5.73 Å². The molecular weight excluding hydrogens is 156 g/mol. The first-order chi connectivity index (χ1) is 3.79. The Morgan fingerprint density at radius 3 is 2.78 bits per heavy atom. The van der Waals surface area contributed by atoms with Crippen molar-refractivity contribution in [2.45, 2.75) is 19.4 Å². The molecule has 0 spiro atoms. The Balaban J connectivity index is 0.000000640. The minimum Gasteiger partial charge on any atom is -0.379 e. The minimum absolute atomic E-state index is 0. The number of thioether (sulfide) groups is 1. The fourth-order valence-electron chi connectivity index (χ4n) is 0.653. The first-order valence-corrected chi connectivity index (χ1v) is 3.73. The summed E-state index contributed by atoms with van der Waals surface area (Å²) in [4.78, 5) is 4.14. The van der Waals surface area contributed by atoms with Gasteiger partial charge in [-0.3, -0.25) is 4.99 Å². The van der Waals surface area contributed by atoms with E-state index in [1.807, 2.05) is 0 Å². The highest BCUT2D eigenvalue weighted by Crippen LogP contribution is 2.13. The molecule has 0 bridgehead atoms. The van der Waals surface area contributed by atoms with E-state index in [0.717, 1.165) is 10.9 Å². The second kappa shape index (κ2) is 4.01. The average molecular weight is 167 g/mol. The molecule has 0 aromatic heterocycles. The number of hydrogen-bond acceptors (Lipinski definition) is 3. The summed E-state index contributed by atoms with van der Waals surface area (Å²) in [7, 11) is 0. The average Bonchev–Trinajstić information content (AvgIpc) is 1.64. The monoisotopic (exact) mass is 166 g/mol. The molecule has 0 aromatic carbocycles. The van der Waals surface area contributed by atoms with Crippen molar-refractivity contribution in [1.29, 1.82) is 0 Å². The SMILES string of the molecule is CC1CCSC(N)=N1.Cl. The van der Waals surface area contributed by atoms with Crippen LogP contribution in [0, 0.1) is 0 Å². The third-order valence-electron chi connectivity index (χ3n) is 1.13. The van der Waals surface area contributed by atoms with Crippen LogP contribution in [0.5, 0.6) is 0 Å². The Labute approximate surface area is 65.7 Å². The second-order valence-corrected chi connectivity index (χ2v) is 3.07. The van der Waals surface area contributed by atoms with Gasteiger partial charge in [0.15, 0.2) is 5.17 Å². The highest BCUT2D eigenvalue weighted by molar-refractivity contribution is 8.13. The molecule has 1 atom stereocenters. The third kappa shape index (κ3) is 2.96. The molecule has 1 heterocycles. The number of halogens is 1. The smallest absolute Gasteiger partial charge is 0.154 e. The number of rotatable bonds is 0. The lowest BCUT2D eigenvalue weighted by Gasteiger charge is -2.12. The zero-order valence-corrected chi connectivity index (χ0v) is 6.97. The highest BCUT2D eigenvalue weighted by Gasteiger charge is 2.06. The molecule has 1 unspecified atom stereocenters. The van der Waals surface area contributed by atoms with Crippen LogP contribution < -0.4 is 5.73 Å². The number of amidine groups is 1. The van der Waals surface area contributed by atoms with E-state index < -0.39 is 0 Å². The van der Waals surface area contributed by atoms with Crippen molar-refractivity contribution < 1.29 is 0 Å². The molecule has 9 heavy (non-hydrogen) atoms. The predicted molar refractivity (Wildman–Crippen MR) is 45.4 cm³/mol. The van der Waals surface area contributed by atoms with Gasteiger partial charge in [-0.25, -0.2) is 0 Å². The molecule has 1 rings (SSSR count). The summed E-state index contributed by atoms with van der Waals surface area (Å²) in [6.07, 6.45) is 1.17. The molecule has 0 aliphatic carbocycles. The van der Waals surface area contributed by atoms with Crippen LogP contribution in [0.15, 0.2) is 4.99 Å². The van der Waals surface area contributed by atoms with Gasteiger partial charge in [0.25, 0.3) is 0 Å². The van der Waals surface area contributed by atoms with Crippen LogP contribution in [-0.2, 0) is 0 Å². The lowest BCUT2D eigenvalue weighted by molar-refractivity contribution is 0.719. The summed E-state index contributed by atoms with van der Waals surface area (Å²) in [6, 6.07) is 0.455. The summed E-state index contributed by atoms with van der Waals surface area (Å²) >= 11 is 1.65. The van der Waals surface area contributed by atoms with Crippen molar-refractivity contribution in [3.8, 4) is 0 Å². The Morgan fingerprint density at radius 2 is 2.44 bits per heavy atom. The van der Waals surface area contributed by atoms with Gasteiger partial charge in [-0.1, -0.05) is 11.8 Å². The molecule has 0 saturated heterocycles. The fourth-order valence-corrected chi connectivity index (χ4v) is 1.58. The first kappa shape index (κ1) is 9.11. The second-order valence-electron chi connectivity index (χ2n) is 1.95. The van der Waals surface area contributed by atoms with E-state index in [9.17, 15) is 0 Å². The predicted octanol–water partition coefficient (Wildman–Crippen LogP) is 1.25. The number of hydrogen-bond donors (Lipinski definition) is 1. The van der Waals surface area contributed by atoms with Crippen molar-refractivity contribution in [2.75, 3.05) is 5.75 Å². The maximum absolute atomic E-state index is 5.44. The van der Waals surface area contributed by atoms with Crippen molar-refractivity contribution in [1.82, 2.24) is 0 Å². The van der Waals surface area contributed by atoms with E-state index in [4.69, 9.17) is 5.73 Å². The summed E-state index contributed by atoms with van der Waals surface area (Å²) < 4.78 is 0. The lowest BCUT2D eigenvalue weighted by Crippen LogP contribution is -2.17. The van der Waals surface area contributed by atoms with Crippen LogP contribution in [0.2, 0.25) is 0 Å². The van der Waals surface area contributed by atoms with Crippen LogP contribution >= 0.6 is 24.2 Å². The Morgan fingerprint density at radius 1 is 1.78 bits per heavy atom. The molecule has 0 radical (unpaired) electrons. The highest BCUT2D eigenvalue weighted by atomic mass is 35.5. The summed E-state index contributed by atoms with van der Waals surface area (Å²) in [5.41, 5.74) is 5.44. The van der Waals surface area contributed by atoms with Crippen LogP contribution in [0.25, 0.3) is 0 Å². The molecule has 4 heteroatoms. The van der Waals surface area contributed by atoms with Gasteiger partial charge >= 0.3 is 0 Å². The molecule has 0 aromatic rings. The molecule has 2 N–H and O–H groups in total. The maximum atomic E-state index is 5.44. The van der Waals surface area contributed by atoms with Gasteiger partial charge in [0, 0.05) is 5.75 Å². The standard InChI is InChI=1S/C5H10N2S.ClH/c1-4-2-3-8-5(6)7-4;/h4H,2-3H2,1H3,(H2,6,7);1H. The topological polar surface area (TPSA) is 38.4 Å². The number of nitrogens with two attached hydrogens (primary N) is 1. The normalized spacial score (nSPS) is 26.3. The lowest BCUT2D eigenvalue weighted by atomic mass is 10.3. The van der Waals surface area contributed by atoms with E-state index in [-0.39, 0.29) is 12.4 Å². The fraction of sp³-hybridized carbons (Fsp3) is 0.800. The van der Waals surface area contributed by atoms with Crippen molar-refractivity contribution in [3.05, 3.63) is 0 Å². The summed E-state index contributed by atoms with van der Waals surface area (Å²) in [5.74, 6) is 1.14. The van der Waals surface area contributed by atoms with Gasteiger partial charge in [-0.05, 0) is 13.3 Å². The zero-order chi connectivity index (χ0) is 5.98. The first-order valence-electron chi connectivity index (χ1n) is 2.75. The third-order valence-corrected chi connectivity index (χ3v) is 1.97. The van der Waals surface area contributed by atoms with Crippen LogP contribution in [-0.4, -0.2) is 17.0 Å². The quantitative estimate of drug-likeness (QED) is 0.588. The molecule has 1 aliphatic rings. The van der Waals surface area contributed by atoms with Crippen molar-refractivity contribution >= 4 is 29.3 Å². The van der Waals surface area contributed by atoms with E-state index in [2.05, 4.69) is 11.9 Å². The number of nitrogens with zero attached hydrogens (tertiary/aromatic N) is 1.